The number of hydrogen-bond acceptors (Lipinski definition) is 5. The third-order valence-electron chi connectivity index (χ3n) is 4.79. The van der Waals surface area contributed by atoms with Crippen LogP contribution in [0, 0.1) is 0 Å². The van der Waals surface area contributed by atoms with Crippen LogP contribution in [-0.4, -0.2) is 91.9 Å². The van der Waals surface area contributed by atoms with Crippen molar-refractivity contribution in [3.05, 3.63) is 0 Å². The van der Waals surface area contributed by atoms with Crippen molar-refractivity contribution in [2.75, 3.05) is 65.3 Å². The van der Waals surface area contributed by atoms with Gasteiger partial charge in [-0.1, -0.05) is 0 Å². The van der Waals surface area contributed by atoms with E-state index in [1.54, 1.807) is 4.90 Å². The maximum Gasteiger partial charge on any atom is 0.409 e. The summed E-state index contributed by atoms with van der Waals surface area (Å²) in [6.45, 7) is 10.5. The van der Waals surface area contributed by atoms with Crippen LogP contribution < -0.4 is 5.32 Å². The second-order valence-electron chi connectivity index (χ2n) is 6.34. The van der Waals surface area contributed by atoms with Gasteiger partial charge in [0.2, 0.25) is 0 Å². The van der Waals surface area contributed by atoms with Crippen LogP contribution in [0.15, 0.2) is 4.99 Å². The lowest BCUT2D eigenvalue weighted by Crippen LogP contribution is -2.54. The Kier molecular flexibility index (Phi) is 8.15. The first kappa shape index (κ1) is 20.2. The summed E-state index contributed by atoms with van der Waals surface area (Å²) in [6, 6.07) is 0. The maximum atomic E-state index is 11.8. The molecule has 2 saturated heterocycles. The maximum absolute atomic E-state index is 11.8. The predicted molar refractivity (Wildman–Crippen MR) is 102 cm³/mol. The summed E-state index contributed by atoms with van der Waals surface area (Å²) in [5.74, 6) is 0.950. The molecule has 2 rings (SSSR count). The molecule has 0 atom stereocenters. The number of thioether (sulfide) groups is 1. The highest BCUT2D eigenvalue weighted by atomic mass is 32.2. The number of carbonyl (C=O) groups is 1. The largest absolute Gasteiger partial charge is 0.450 e. The molecule has 0 aromatic rings. The van der Waals surface area contributed by atoms with E-state index in [2.05, 4.69) is 23.4 Å². The summed E-state index contributed by atoms with van der Waals surface area (Å²) in [5.41, 5.74) is 0. The zero-order valence-corrected chi connectivity index (χ0v) is 16.6. The van der Waals surface area contributed by atoms with Crippen LogP contribution in [0.3, 0.4) is 0 Å². The molecular formula is C17H32N4O3S. The molecule has 2 heterocycles. The number of nitrogens with zero attached hydrogens (tertiary/aromatic N) is 3. The van der Waals surface area contributed by atoms with Gasteiger partial charge in [0.05, 0.1) is 13.2 Å². The van der Waals surface area contributed by atoms with Crippen LogP contribution in [0.5, 0.6) is 0 Å². The van der Waals surface area contributed by atoms with Crippen molar-refractivity contribution >= 4 is 23.8 Å². The first-order valence-corrected chi connectivity index (χ1v) is 10.4. The molecule has 0 bridgehead atoms. The lowest BCUT2D eigenvalue weighted by Gasteiger charge is -2.37. The molecule has 2 aliphatic rings. The fourth-order valence-electron chi connectivity index (χ4n) is 3.13. The van der Waals surface area contributed by atoms with E-state index >= 15 is 0 Å². The van der Waals surface area contributed by atoms with Crippen molar-refractivity contribution in [1.29, 1.82) is 0 Å². The number of hydrogen-bond donors (Lipinski definition) is 1. The molecular weight excluding hydrogens is 340 g/mol. The highest BCUT2D eigenvalue weighted by Gasteiger charge is 2.32. The van der Waals surface area contributed by atoms with Crippen molar-refractivity contribution in [3.8, 4) is 0 Å². The number of piperazine rings is 1. The number of aliphatic imine (C=N–C) groups is 1. The Morgan fingerprint density at radius 1 is 1.20 bits per heavy atom. The van der Waals surface area contributed by atoms with Gasteiger partial charge in [0.1, 0.15) is 0 Å². The SMILES string of the molecule is CCNC(=NCC1(SC)CCOCC1)N1CCN(C(=O)OCC)CC1. The minimum absolute atomic E-state index is 0.186. The Labute approximate surface area is 155 Å². The van der Waals surface area contributed by atoms with Crippen molar-refractivity contribution in [2.45, 2.75) is 31.4 Å². The molecule has 144 valence electrons. The van der Waals surface area contributed by atoms with Crippen molar-refractivity contribution in [1.82, 2.24) is 15.1 Å². The van der Waals surface area contributed by atoms with Gasteiger partial charge in [0, 0.05) is 50.7 Å². The van der Waals surface area contributed by atoms with Gasteiger partial charge < -0.3 is 24.6 Å². The van der Waals surface area contributed by atoms with E-state index in [1.807, 2.05) is 18.7 Å². The van der Waals surface area contributed by atoms with Gasteiger partial charge >= 0.3 is 6.09 Å². The Bertz CT molecular complexity index is 447. The average Bonchev–Trinajstić information content (AvgIpc) is 2.66. The van der Waals surface area contributed by atoms with E-state index in [-0.39, 0.29) is 10.8 Å². The first-order chi connectivity index (χ1) is 12.1. The second-order valence-corrected chi connectivity index (χ2v) is 7.62. The van der Waals surface area contributed by atoms with Crippen molar-refractivity contribution in [2.24, 2.45) is 4.99 Å². The molecule has 0 spiro atoms. The molecule has 1 N–H and O–H groups in total. The Hall–Kier alpha value is -1.15. The zero-order valence-electron chi connectivity index (χ0n) is 15.8. The van der Waals surface area contributed by atoms with E-state index in [0.29, 0.717) is 19.7 Å². The molecule has 0 unspecified atom stereocenters. The molecule has 0 aliphatic carbocycles. The molecule has 25 heavy (non-hydrogen) atoms. The normalized spacial score (nSPS) is 21.2. The summed E-state index contributed by atoms with van der Waals surface area (Å²) in [6.07, 6.45) is 4.06. The smallest absolute Gasteiger partial charge is 0.409 e. The third-order valence-corrected chi connectivity index (χ3v) is 6.20. The fourth-order valence-corrected chi connectivity index (χ4v) is 3.90. The van der Waals surface area contributed by atoms with E-state index in [9.17, 15) is 4.79 Å². The minimum atomic E-state index is -0.215. The number of carbonyl (C=O) groups excluding carboxylic acids is 1. The van der Waals surface area contributed by atoms with Crippen LogP contribution in [0.25, 0.3) is 0 Å². The van der Waals surface area contributed by atoms with Crippen molar-refractivity contribution < 1.29 is 14.3 Å². The lowest BCUT2D eigenvalue weighted by atomic mass is 9.99. The summed E-state index contributed by atoms with van der Waals surface area (Å²) in [7, 11) is 0. The monoisotopic (exact) mass is 372 g/mol. The minimum Gasteiger partial charge on any atom is -0.450 e. The molecule has 0 radical (unpaired) electrons. The highest BCUT2D eigenvalue weighted by Crippen LogP contribution is 2.34. The van der Waals surface area contributed by atoms with Gasteiger partial charge in [-0.2, -0.15) is 11.8 Å². The van der Waals surface area contributed by atoms with Crippen LogP contribution in [0.1, 0.15) is 26.7 Å². The number of nitrogens with one attached hydrogen (secondary N) is 1. The van der Waals surface area contributed by atoms with Gasteiger partial charge in [0.15, 0.2) is 5.96 Å². The van der Waals surface area contributed by atoms with Crippen LogP contribution in [-0.2, 0) is 9.47 Å². The Balaban J connectivity index is 1.94. The van der Waals surface area contributed by atoms with Crippen LogP contribution in [0.2, 0.25) is 0 Å². The first-order valence-electron chi connectivity index (χ1n) is 9.22. The molecule has 2 fully saturated rings. The van der Waals surface area contributed by atoms with E-state index in [4.69, 9.17) is 14.5 Å². The second kappa shape index (κ2) is 10.1. The van der Waals surface area contributed by atoms with Gasteiger partial charge in [-0.25, -0.2) is 4.79 Å². The standard InChI is InChI=1S/C17H32N4O3S/c1-4-18-15(19-14-17(25-3)6-12-23-13-7-17)20-8-10-21(11-9-20)16(22)24-5-2/h4-14H2,1-3H3,(H,18,19). The van der Waals surface area contributed by atoms with Crippen molar-refractivity contribution in [3.63, 3.8) is 0 Å². The molecule has 8 heteroatoms. The quantitative estimate of drug-likeness (QED) is 0.585. The van der Waals surface area contributed by atoms with Gasteiger partial charge in [-0.3, -0.25) is 4.99 Å². The molecule has 0 aromatic heterocycles. The topological polar surface area (TPSA) is 66.4 Å². The molecule has 1 amide bonds. The average molecular weight is 373 g/mol. The summed E-state index contributed by atoms with van der Waals surface area (Å²) in [4.78, 5) is 20.8. The summed E-state index contributed by atoms with van der Waals surface area (Å²) >= 11 is 1.91. The number of amides is 1. The molecule has 7 nitrogen and oxygen atoms in total. The highest BCUT2D eigenvalue weighted by molar-refractivity contribution is 8.00. The Morgan fingerprint density at radius 2 is 1.84 bits per heavy atom. The zero-order chi connectivity index (χ0) is 18.1. The fraction of sp³-hybridized carbons (Fsp3) is 0.882. The molecule has 0 saturated carbocycles. The predicted octanol–water partition coefficient (Wildman–Crippen LogP) is 1.64. The van der Waals surface area contributed by atoms with Gasteiger partial charge in [-0.15, -0.1) is 0 Å². The van der Waals surface area contributed by atoms with E-state index in [1.165, 1.54) is 0 Å². The summed E-state index contributed by atoms with van der Waals surface area (Å²) in [5, 5.41) is 3.40. The van der Waals surface area contributed by atoms with E-state index in [0.717, 1.165) is 58.2 Å². The van der Waals surface area contributed by atoms with E-state index < -0.39 is 0 Å². The number of rotatable bonds is 5. The number of guanidine groups is 1. The summed E-state index contributed by atoms with van der Waals surface area (Å²) < 4.78 is 10.8. The Morgan fingerprint density at radius 3 is 2.40 bits per heavy atom. The van der Waals surface area contributed by atoms with Gasteiger partial charge in [-0.05, 0) is 32.9 Å². The van der Waals surface area contributed by atoms with Crippen LogP contribution >= 0.6 is 11.8 Å². The lowest BCUT2D eigenvalue weighted by molar-refractivity contribution is 0.0792. The molecule has 0 aromatic carbocycles. The number of ether oxygens (including phenoxy) is 2. The van der Waals surface area contributed by atoms with Crippen LogP contribution in [0.4, 0.5) is 4.79 Å². The molecule has 2 aliphatic heterocycles. The van der Waals surface area contributed by atoms with Gasteiger partial charge in [0.25, 0.3) is 0 Å². The third kappa shape index (κ3) is 5.67.